The van der Waals surface area contributed by atoms with Crippen molar-refractivity contribution in [1.82, 2.24) is 0 Å². The molecule has 0 amide bonds. The van der Waals surface area contributed by atoms with Crippen molar-refractivity contribution in [1.29, 1.82) is 0 Å². The molecule has 0 aliphatic rings. The van der Waals surface area contributed by atoms with Gasteiger partial charge in [0, 0.05) is 10.0 Å². The predicted octanol–water partition coefficient (Wildman–Crippen LogP) is 4.78. The maximum Gasteiger partial charge on any atom is 0.200 e. The quantitative estimate of drug-likeness (QED) is 0.742. The van der Waals surface area contributed by atoms with Crippen molar-refractivity contribution in [2.24, 2.45) is 0 Å². The summed E-state index contributed by atoms with van der Waals surface area (Å²) in [5.74, 6) is -0.572. The second-order valence-corrected chi connectivity index (χ2v) is 5.95. The number of hydrogen-bond acceptors (Lipinski definition) is 2. The first-order chi connectivity index (χ1) is 9.88. The molecule has 2 rings (SSSR count). The van der Waals surface area contributed by atoms with Crippen LogP contribution in [0.2, 0.25) is 0 Å². The third-order valence-electron chi connectivity index (χ3n) is 3.39. The minimum atomic E-state index is -0.484. The number of ether oxygens (including phenoxy) is 1. The molecule has 0 atom stereocenters. The van der Waals surface area contributed by atoms with Gasteiger partial charge in [-0.1, -0.05) is 22.0 Å². The van der Waals surface area contributed by atoms with E-state index in [1.165, 1.54) is 12.1 Å². The van der Waals surface area contributed by atoms with Crippen molar-refractivity contribution in [3.8, 4) is 5.75 Å². The fraction of sp³-hybridized carbons (Fsp3) is 0.235. The molecule has 0 bridgehead atoms. The third-order valence-corrected chi connectivity index (χ3v) is 3.89. The largest absolute Gasteiger partial charge is 0.482 e. The van der Waals surface area contributed by atoms with Gasteiger partial charge in [-0.05, 0) is 61.7 Å². The first-order valence-electron chi connectivity index (χ1n) is 6.57. The molecule has 110 valence electrons. The molecule has 0 saturated heterocycles. The van der Waals surface area contributed by atoms with Crippen LogP contribution in [0, 0.1) is 26.6 Å². The van der Waals surface area contributed by atoms with Crippen LogP contribution in [0.1, 0.15) is 27.0 Å². The Hall–Kier alpha value is -1.68. The van der Waals surface area contributed by atoms with Gasteiger partial charge in [-0.3, -0.25) is 4.79 Å². The van der Waals surface area contributed by atoms with Gasteiger partial charge in [0.1, 0.15) is 0 Å². The molecule has 0 aliphatic carbocycles. The van der Waals surface area contributed by atoms with E-state index in [0.29, 0.717) is 10.0 Å². The Morgan fingerprint density at radius 2 is 1.76 bits per heavy atom. The summed E-state index contributed by atoms with van der Waals surface area (Å²) < 4.78 is 19.6. The molecule has 2 aromatic carbocycles. The van der Waals surface area contributed by atoms with Gasteiger partial charge >= 0.3 is 0 Å². The van der Waals surface area contributed by atoms with E-state index in [4.69, 9.17) is 4.74 Å². The van der Waals surface area contributed by atoms with Crippen LogP contribution in [0.3, 0.4) is 0 Å². The van der Waals surface area contributed by atoms with Gasteiger partial charge in [-0.25, -0.2) is 4.39 Å². The van der Waals surface area contributed by atoms with Gasteiger partial charge < -0.3 is 4.74 Å². The summed E-state index contributed by atoms with van der Waals surface area (Å²) in [5, 5.41) is 0. The van der Waals surface area contributed by atoms with E-state index in [1.54, 1.807) is 6.07 Å². The molecule has 2 nitrogen and oxygen atoms in total. The van der Waals surface area contributed by atoms with Crippen molar-refractivity contribution < 1.29 is 13.9 Å². The van der Waals surface area contributed by atoms with E-state index in [9.17, 15) is 9.18 Å². The van der Waals surface area contributed by atoms with Crippen molar-refractivity contribution in [3.05, 3.63) is 62.9 Å². The highest BCUT2D eigenvalue weighted by Gasteiger charge is 2.13. The van der Waals surface area contributed by atoms with Crippen LogP contribution in [0.15, 0.2) is 34.8 Å². The van der Waals surface area contributed by atoms with Crippen LogP contribution < -0.4 is 4.74 Å². The Labute approximate surface area is 132 Å². The zero-order valence-corrected chi connectivity index (χ0v) is 13.8. The number of Topliss-reactive ketones (excluding diaryl/α,β-unsaturated/α-hetero) is 1. The molecule has 0 aromatic heterocycles. The van der Waals surface area contributed by atoms with E-state index in [1.807, 2.05) is 32.9 Å². The minimum Gasteiger partial charge on any atom is -0.482 e. The molecule has 4 heteroatoms. The van der Waals surface area contributed by atoms with Crippen LogP contribution in [-0.2, 0) is 0 Å². The number of aryl methyl sites for hydroxylation is 3. The molecular weight excluding hydrogens is 335 g/mol. The Kier molecular flexibility index (Phi) is 4.78. The molecule has 2 aromatic rings. The Morgan fingerprint density at radius 1 is 1.10 bits per heavy atom. The minimum absolute atomic E-state index is 0.0687. The number of carbonyl (C=O) groups excluding carboxylic acids is 1. The summed E-state index contributed by atoms with van der Waals surface area (Å²) in [5.41, 5.74) is 3.72. The standard InChI is InChI=1S/C17H16BrFO2/c1-10-6-12(3)14(7-11(10)2)16(20)9-21-17-8-13(18)4-5-15(17)19/h4-8H,9H2,1-3H3. The smallest absolute Gasteiger partial charge is 0.200 e. The first-order valence-corrected chi connectivity index (χ1v) is 7.36. The van der Waals surface area contributed by atoms with Crippen LogP contribution in [-0.4, -0.2) is 12.4 Å². The second-order valence-electron chi connectivity index (χ2n) is 5.04. The number of rotatable bonds is 4. The van der Waals surface area contributed by atoms with Crippen molar-refractivity contribution in [2.75, 3.05) is 6.61 Å². The normalized spacial score (nSPS) is 10.5. The second kappa shape index (κ2) is 6.39. The lowest BCUT2D eigenvalue weighted by atomic mass is 9.98. The summed E-state index contributed by atoms with van der Waals surface area (Å²) in [6.07, 6.45) is 0. The third kappa shape index (κ3) is 3.70. The number of hydrogen-bond donors (Lipinski definition) is 0. The van der Waals surface area contributed by atoms with Crippen molar-refractivity contribution >= 4 is 21.7 Å². The number of ketones is 1. The number of halogens is 2. The monoisotopic (exact) mass is 350 g/mol. The zero-order valence-electron chi connectivity index (χ0n) is 12.2. The molecule has 0 N–H and O–H groups in total. The lowest BCUT2D eigenvalue weighted by molar-refractivity contribution is 0.0918. The maximum atomic E-state index is 13.6. The molecule has 0 aliphatic heterocycles. The van der Waals surface area contributed by atoms with Crippen LogP contribution in [0.4, 0.5) is 4.39 Å². The first kappa shape index (κ1) is 15.7. The van der Waals surface area contributed by atoms with Gasteiger partial charge in [0.25, 0.3) is 0 Å². The molecule has 0 heterocycles. The SMILES string of the molecule is Cc1cc(C)c(C(=O)COc2cc(Br)ccc2F)cc1C. The van der Waals surface area contributed by atoms with E-state index in [2.05, 4.69) is 15.9 Å². The molecular formula is C17H16BrFO2. The van der Waals surface area contributed by atoms with Gasteiger partial charge in [0.15, 0.2) is 24.0 Å². The fourth-order valence-corrected chi connectivity index (χ4v) is 2.41. The Bertz CT molecular complexity index is 695. The zero-order chi connectivity index (χ0) is 15.6. The molecule has 0 saturated carbocycles. The summed E-state index contributed by atoms with van der Waals surface area (Å²) in [7, 11) is 0. The van der Waals surface area contributed by atoms with E-state index >= 15 is 0 Å². The number of benzene rings is 2. The average molecular weight is 351 g/mol. The molecule has 0 unspecified atom stereocenters. The molecule has 0 fully saturated rings. The summed E-state index contributed by atoms with van der Waals surface area (Å²) in [6.45, 7) is 5.67. The highest BCUT2D eigenvalue weighted by Crippen LogP contribution is 2.23. The Morgan fingerprint density at radius 3 is 2.48 bits per heavy atom. The van der Waals surface area contributed by atoms with Gasteiger partial charge in [-0.2, -0.15) is 0 Å². The van der Waals surface area contributed by atoms with E-state index in [0.717, 1.165) is 16.7 Å². The summed E-state index contributed by atoms with van der Waals surface area (Å²) >= 11 is 3.25. The predicted molar refractivity (Wildman–Crippen MR) is 84.6 cm³/mol. The van der Waals surface area contributed by atoms with Gasteiger partial charge in [-0.15, -0.1) is 0 Å². The van der Waals surface area contributed by atoms with Crippen LogP contribution in [0.5, 0.6) is 5.75 Å². The average Bonchev–Trinajstić information content (AvgIpc) is 2.43. The van der Waals surface area contributed by atoms with Crippen LogP contribution in [0.25, 0.3) is 0 Å². The molecule has 0 radical (unpaired) electrons. The highest BCUT2D eigenvalue weighted by molar-refractivity contribution is 9.10. The molecule has 0 spiro atoms. The maximum absolute atomic E-state index is 13.6. The van der Waals surface area contributed by atoms with Crippen molar-refractivity contribution in [2.45, 2.75) is 20.8 Å². The van der Waals surface area contributed by atoms with E-state index < -0.39 is 5.82 Å². The summed E-state index contributed by atoms with van der Waals surface area (Å²) in [4.78, 5) is 12.2. The van der Waals surface area contributed by atoms with E-state index in [-0.39, 0.29) is 18.1 Å². The van der Waals surface area contributed by atoms with Gasteiger partial charge in [0.2, 0.25) is 0 Å². The van der Waals surface area contributed by atoms with Crippen molar-refractivity contribution in [3.63, 3.8) is 0 Å². The lowest BCUT2D eigenvalue weighted by Gasteiger charge is -2.11. The lowest BCUT2D eigenvalue weighted by Crippen LogP contribution is -2.14. The number of carbonyl (C=O) groups is 1. The van der Waals surface area contributed by atoms with Gasteiger partial charge in [0.05, 0.1) is 0 Å². The van der Waals surface area contributed by atoms with Crippen LogP contribution >= 0.6 is 15.9 Å². The Balaban J connectivity index is 2.15. The highest BCUT2D eigenvalue weighted by atomic mass is 79.9. The fourth-order valence-electron chi connectivity index (χ4n) is 2.07. The topological polar surface area (TPSA) is 26.3 Å². The summed E-state index contributed by atoms with van der Waals surface area (Å²) in [6, 6.07) is 8.22. The molecule has 21 heavy (non-hydrogen) atoms.